The van der Waals surface area contributed by atoms with Crippen molar-refractivity contribution >= 4 is 5.97 Å². The molecule has 0 spiro atoms. The number of nitrogens with two attached hydrogens (primary N) is 1. The lowest BCUT2D eigenvalue weighted by molar-refractivity contribution is -0.137. The zero-order chi connectivity index (χ0) is 8.69. The van der Waals surface area contributed by atoms with Crippen LogP contribution in [-0.4, -0.2) is 30.3 Å². The van der Waals surface area contributed by atoms with Gasteiger partial charge in [-0.15, -0.1) is 0 Å². The van der Waals surface area contributed by atoms with Crippen LogP contribution in [0.15, 0.2) is 12.2 Å². The molecule has 0 heterocycles. The quantitative estimate of drug-likeness (QED) is 0.425. The average Bonchev–Trinajstić information content (AvgIpc) is 2.01. The van der Waals surface area contributed by atoms with Crippen LogP contribution in [0.5, 0.6) is 0 Å². The number of carbonyl (C=O) groups is 1. The van der Waals surface area contributed by atoms with Crippen LogP contribution in [0.3, 0.4) is 0 Å². The molecule has 0 aromatic heterocycles. The zero-order valence-electron chi connectivity index (χ0n) is 6.49. The van der Waals surface area contributed by atoms with Crippen molar-refractivity contribution in [1.29, 1.82) is 0 Å². The molecule has 11 heavy (non-hydrogen) atoms. The van der Waals surface area contributed by atoms with Gasteiger partial charge in [0.05, 0.1) is 13.2 Å². The van der Waals surface area contributed by atoms with Crippen LogP contribution in [0.2, 0.25) is 0 Å². The molecule has 0 aromatic carbocycles. The molecule has 4 heteroatoms. The van der Waals surface area contributed by atoms with Gasteiger partial charge in [0, 0.05) is 12.1 Å². The van der Waals surface area contributed by atoms with Crippen molar-refractivity contribution in [2.45, 2.75) is 13.0 Å². The van der Waals surface area contributed by atoms with Crippen molar-refractivity contribution < 1.29 is 14.6 Å². The largest absolute Gasteiger partial charge is 0.463 e. The van der Waals surface area contributed by atoms with Crippen molar-refractivity contribution in [2.75, 3.05) is 13.2 Å². The van der Waals surface area contributed by atoms with Crippen molar-refractivity contribution in [3.63, 3.8) is 0 Å². The fourth-order valence-corrected chi connectivity index (χ4v) is 0.453. The fourth-order valence-electron chi connectivity index (χ4n) is 0.453. The molecule has 0 saturated heterocycles. The Balaban J connectivity index is 3.63. The maximum atomic E-state index is 10.6. The Morgan fingerprint density at radius 2 is 2.45 bits per heavy atom. The van der Waals surface area contributed by atoms with Gasteiger partial charge in [0.2, 0.25) is 0 Å². The van der Waals surface area contributed by atoms with E-state index in [1.165, 1.54) is 12.2 Å². The van der Waals surface area contributed by atoms with E-state index in [4.69, 9.17) is 10.8 Å². The zero-order valence-corrected chi connectivity index (χ0v) is 6.49. The lowest BCUT2D eigenvalue weighted by atomic mass is 10.3. The van der Waals surface area contributed by atoms with Gasteiger partial charge >= 0.3 is 5.97 Å². The molecular weight excluding hydrogens is 146 g/mol. The molecule has 0 saturated carbocycles. The van der Waals surface area contributed by atoms with Crippen LogP contribution >= 0.6 is 0 Å². The summed E-state index contributed by atoms with van der Waals surface area (Å²) in [7, 11) is 0. The van der Waals surface area contributed by atoms with Gasteiger partial charge in [-0.05, 0) is 6.92 Å². The standard InChI is InChI=1S/C7H13NO3/c1-2-11-7(10)4-3-6(8)5-9/h3-4,6,9H,2,5,8H2,1H3/b4-3+. The highest BCUT2D eigenvalue weighted by atomic mass is 16.5. The van der Waals surface area contributed by atoms with E-state index in [0.29, 0.717) is 6.61 Å². The molecule has 0 rings (SSSR count). The summed E-state index contributed by atoms with van der Waals surface area (Å²) in [5, 5.41) is 8.45. The van der Waals surface area contributed by atoms with E-state index in [2.05, 4.69) is 4.74 Å². The van der Waals surface area contributed by atoms with Crippen molar-refractivity contribution in [3.8, 4) is 0 Å². The van der Waals surface area contributed by atoms with Crippen LogP contribution in [0, 0.1) is 0 Å². The summed E-state index contributed by atoms with van der Waals surface area (Å²) >= 11 is 0. The van der Waals surface area contributed by atoms with E-state index in [9.17, 15) is 4.79 Å². The van der Waals surface area contributed by atoms with Crippen molar-refractivity contribution in [2.24, 2.45) is 5.73 Å². The Bertz CT molecular complexity index is 145. The van der Waals surface area contributed by atoms with E-state index < -0.39 is 12.0 Å². The van der Waals surface area contributed by atoms with Crippen LogP contribution < -0.4 is 5.73 Å². The van der Waals surface area contributed by atoms with Crippen LogP contribution in [0.1, 0.15) is 6.92 Å². The summed E-state index contributed by atoms with van der Waals surface area (Å²) < 4.78 is 4.57. The topological polar surface area (TPSA) is 72.5 Å². The van der Waals surface area contributed by atoms with Gasteiger partial charge < -0.3 is 15.6 Å². The SMILES string of the molecule is CCOC(=O)/C=C/C(N)CO. The third-order valence-electron chi connectivity index (χ3n) is 0.977. The van der Waals surface area contributed by atoms with Gasteiger partial charge in [-0.1, -0.05) is 6.08 Å². The maximum absolute atomic E-state index is 10.6. The Kier molecular flexibility index (Phi) is 5.42. The highest BCUT2D eigenvalue weighted by Crippen LogP contribution is 1.84. The summed E-state index contributed by atoms with van der Waals surface area (Å²) in [6.07, 6.45) is 2.61. The van der Waals surface area contributed by atoms with Crippen molar-refractivity contribution in [3.05, 3.63) is 12.2 Å². The number of aliphatic hydroxyl groups is 1. The van der Waals surface area contributed by atoms with E-state index in [-0.39, 0.29) is 6.61 Å². The Morgan fingerprint density at radius 3 is 2.91 bits per heavy atom. The summed E-state index contributed by atoms with van der Waals surface area (Å²) in [6, 6.07) is -0.487. The first-order valence-electron chi connectivity index (χ1n) is 3.42. The second-order valence-electron chi connectivity index (χ2n) is 1.96. The Hall–Kier alpha value is -0.870. The molecule has 0 amide bonds. The van der Waals surface area contributed by atoms with Crippen LogP contribution in [0.25, 0.3) is 0 Å². The maximum Gasteiger partial charge on any atom is 0.330 e. The number of aliphatic hydroxyl groups excluding tert-OH is 1. The van der Waals surface area contributed by atoms with Gasteiger partial charge in [-0.25, -0.2) is 4.79 Å². The molecule has 0 fully saturated rings. The molecular formula is C7H13NO3. The predicted octanol–water partition coefficient (Wildman–Crippen LogP) is -0.575. The normalized spacial score (nSPS) is 13.4. The molecule has 4 nitrogen and oxygen atoms in total. The summed E-state index contributed by atoms with van der Waals surface area (Å²) in [5.74, 6) is -0.434. The van der Waals surface area contributed by atoms with Crippen LogP contribution in [-0.2, 0) is 9.53 Å². The fraction of sp³-hybridized carbons (Fsp3) is 0.571. The minimum absolute atomic E-state index is 0.171. The molecule has 64 valence electrons. The number of ether oxygens (including phenoxy) is 1. The number of carbonyl (C=O) groups excluding carboxylic acids is 1. The summed E-state index contributed by atoms with van der Waals surface area (Å²) in [6.45, 7) is 1.89. The first-order valence-corrected chi connectivity index (χ1v) is 3.42. The molecule has 0 aromatic rings. The van der Waals surface area contributed by atoms with Gasteiger partial charge in [0.15, 0.2) is 0 Å². The third kappa shape index (κ3) is 5.57. The molecule has 0 bridgehead atoms. The van der Waals surface area contributed by atoms with E-state index >= 15 is 0 Å². The number of rotatable bonds is 4. The third-order valence-corrected chi connectivity index (χ3v) is 0.977. The van der Waals surface area contributed by atoms with Gasteiger partial charge in [0.1, 0.15) is 0 Å². The van der Waals surface area contributed by atoms with E-state index in [1.54, 1.807) is 6.92 Å². The lowest BCUT2D eigenvalue weighted by Gasteiger charge is -1.99. The predicted molar refractivity (Wildman–Crippen MR) is 40.8 cm³/mol. The van der Waals surface area contributed by atoms with E-state index in [0.717, 1.165) is 0 Å². The van der Waals surface area contributed by atoms with Crippen molar-refractivity contribution in [1.82, 2.24) is 0 Å². The molecule has 3 N–H and O–H groups in total. The minimum atomic E-state index is -0.487. The lowest BCUT2D eigenvalue weighted by Crippen LogP contribution is -2.21. The number of esters is 1. The average molecular weight is 159 g/mol. The summed E-state index contributed by atoms with van der Waals surface area (Å²) in [5.41, 5.74) is 5.27. The Labute approximate surface area is 65.6 Å². The van der Waals surface area contributed by atoms with E-state index in [1.807, 2.05) is 0 Å². The van der Waals surface area contributed by atoms with Gasteiger partial charge in [-0.3, -0.25) is 0 Å². The molecule has 0 aliphatic carbocycles. The highest BCUT2D eigenvalue weighted by molar-refractivity contribution is 5.81. The second-order valence-corrected chi connectivity index (χ2v) is 1.96. The smallest absolute Gasteiger partial charge is 0.330 e. The first-order chi connectivity index (χ1) is 5.20. The monoisotopic (exact) mass is 159 g/mol. The number of hydrogen-bond acceptors (Lipinski definition) is 4. The number of hydrogen-bond donors (Lipinski definition) is 2. The van der Waals surface area contributed by atoms with Gasteiger partial charge in [-0.2, -0.15) is 0 Å². The molecule has 0 aliphatic heterocycles. The molecule has 0 radical (unpaired) electrons. The summed E-state index contributed by atoms with van der Waals surface area (Å²) in [4.78, 5) is 10.6. The molecule has 0 aliphatic rings. The molecule has 1 atom stereocenters. The van der Waals surface area contributed by atoms with Crippen LogP contribution in [0.4, 0.5) is 0 Å². The second kappa shape index (κ2) is 5.88. The Morgan fingerprint density at radius 1 is 1.82 bits per heavy atom. The highest BCUT2D eigenvalue weighted by Gasteiger charge is 1.96. The molecule has 1 unspecified atom stereocenters. The van der Waals surface area contributed by atoms with Gasteiger partial charge in [0.25, 0.3) is 0 Å². The first kappa shape index (κ1) is 10.1. The minimum Gasteiger partial charge on any atom is -0.463 e.